The standard InChI is InChI=1S/C29H36O15/c1-12-23(34)24(35)25(36)27(41-12)40-10-15-9-29(38,11-30)26(37)28(43-15)42-14-6-17(32)22-18(33)8-20(44-21(22)7-14)13-3-4-19(39-2)16(31)5-13/h3-7,12,15,20,23-28,30-32,34-38H,8-11H2,1-2H3/t12?,15?,20-,23-,24?,25?,26?,27+,28+,29?/m0/s1. The van der Waals surface area contributed by atoms with E-state index in [1.807, 2.05) is 0 Å². The fourth-order valence-electron chi connectivity index (χ4n) is 5.49. The quantitative estimate of drug-likeness (QED) is 0.180. The molecule has 15 nitrogen and oxygen atoms in total. The van der Waals surface area contributed by atoms with Crippen molar-refractivity contribution < 1.29 is 74.1 Å². The maximum Gasteiger partial charge on any atom is 0.229 e. The first-order valence-electron chi connectivity index (χ1n) is 13.9. The van der Waals surface area contributed by atoms with Crippen LogP contribution in [0.1, 0.15) is 41.8 Å². The van der Waals surface area contributed by atoms with Gasteiger partial charge >= 0.3 is 0 Å². The third-order valence-electron chi connectivity index (χ3n) is 8.05. The number of hydrogen-bond donors (Lipinski definition) is 8. The zero-order valence-electron chi connectivity index (χ0n) is 23.8. The first-order valence-corrected chi connectivity index (χ1v) is 13.9. The average Bonchev–Trinajstić information content (AvgIpc) is 2.99. The van der Waals surface area contributed by atoms with Gasteiger partial charge in [-0.3, -0.25) is 4.79 Å². The van der Waals surface area contributed by atoms with E-state index in [9.17, 15) is 45.6 Å². The third-order valence-corrected chi connectivity index (χ3v) is 8.05. The number of phenols is 2. The van der Waals surface area contributed by atoms with Gasteiger partial charge in [-0.1, -0.05) is 6.07 Å². The van der Waals surface area contributed by atoms with E-state index >= 15 is 0 Å². The molecule has 242 valence electrons. The van der Waals surface area contributed by atoms with E-state index in [0.29, 0.717) is 5.56 Å². The van der Waals surface area contributed by atoms with Crippen molar-refractivity contribution in [2.45, 2.75) is 80.7 Å². The van der Waals surface area contributed by atoms with Gasteiger partial charge in [-0.25, -0.2) is 0 Å². The highest BCUT2D eigenvalue weighted by atomic mass is 16.7. The molecule has 0 bridgehead atoms. The predicted molar refractivity (Wildman–Crippen MR) is 145 cm³/mol. The van der Waals surface area contributed by atoms with Crippen molar-refractivity contribution in [2.24, 2.45) is 0 Å². The fourth-order valence-corrected chi connectivity index (χ4v) is 5.49. The zero-order valence-corrected chi connectivity index (χ0v) is 23.8. The number of benzene rings is 2. The molecule has 0 spiro atoms. The number of Topliss-reactive ketones (excluding diaryl/α,β-unsaturated/α-hetero) is 1. The molecule has 2 aromatic rings. The number of hydrogen-bond acceptors (Lipinski definition) is 15. The second kappa shape index (κ2) is 12.6. The van der Waals surface area contributed by atoms with E-state index in [0.717, 1.165) is 6.07 Å². The molecule has 3 aliphatic heterocycles. The Balaban J connectivity index is 1.33. The molecule has 2 saturated heterocycles. The van der Waals surface area contributed by atoms with Crippen LogP contribution in [0, 0.1) is 0 Å². The summed E-state index contributed by atoms with van der Waals surface area (Å²) in [4.78, 5) is 12.9. The number of fused-ring (bicyclic) bond motifs is 1. The second-order valence-corrected chi connectivity index (χ2v) is 11.2. The molecular weight excluding hydrogens is 588 g/mol. The van der Waals surface area contributed by atoms with E-state index in [-0.39, 0.29) is 48.0 Å². The summed E-state index contributed by atoms with van der Waals surface area (Å²) in [7, 11) is 1.40. The van der Waals surface area contributed by atoms with Crippen molar-refractivity contribution in [1.82, 2.24) is 0 Å². The molecule has 0 aromatic heterocycles. The summed E-state index contributed by atoms with van der Waals surface area (Å²) >= 11 is 0. The van der Waals surface area contributed by atoms with Gasteiger partial charge in [0.05, 0.1) is 39.0 Å². The minimum atomic E-state index is -2.11. The summed E-state index contributed by atoms with van der Waals surface area (Å²) in [5.41, 5.74) is -1.74. The number of aliphatic hydroxyl groups excluding tert-OH is 5. The molecule has 0 saturated carbocycles. The van der Waals surface area contributed by atoms with Crippen LogP contribution in [-0.4, -0.2) is 122 Å². The molecule has 3 heterocycles. The molecule has 44 heavy (non-hydrogen) atoms. The SMILES string of the molecule is COc1ccc([C@@H]2CC(=O)c3c(O)cc(O[C@@H]4OC(CO[C@@H]5OC(C)[C@H](O)C(O)C5O)CC(O)(CO)C4O)cc3O2)cc1O. The first-order chi connectivity index (χ1) is 20.8. The number of carbonyl (C=O) groups excluding carboxylic acids is 1. The summed E-state index contributed by atoms with van der Waals surface area (Å²) in [5, 5.41) is 82.7. The fraction of sp³-hybridized carbons (Fsp3) is 0.552. The molecule has 6 unspecified atom stereocenters. The topological polar surface area (TPSA) is 234 Å². The van der Waals surface area contributed by atoms with E-state index in [4.69, 9.17) is 28.4 Å². The lowest BCUT2D eigenvalue weighted by Gasteiger charge is -2.44. The monoisotopic (exact) mass is 624 g/mol. The van der Waals surface area contributed by atoms with Gasteiger partial charge in [0, 0.05) is 18.6 Å². The Morgan fingerprint density at radius 2 is 1.73 bits per heavy atom. The molecule has 5 rings (SSSR count). The highest BCUT2D eigenvalue weighted by molar-refractivity contribution is 6.02. The van der Waals surface area contributed by atoms with Gasteiger partial charge in [-0.15, -0.1) is 0 Å². The Bertz CT molecular complexity index is 1350. The molecule has 15 heteroatoms. The van der Waals surface area contributed by atoms with E-state index < -0.39 is 79.0 Å². The highest BCUT2D eigenvalue weighted by Gasteiger charge is 2.50. The van der Waals surface area contributed by atoms with E-state index in [1.165, 1.54) is 32.2 Å². The summed E-state index contributed by atoms with van der Waals surface area (Å²) in [6.07, 6.45) is -12.4. The lowest BCUT2D eigenvalue weighted by atomic mass is 9.87. The van der Waals surface area contributed by atoms with Crippen LogP contribution < -0.4 is 14.2 Å². The highest BCUT2D eigenvalue weighted by Crippen LogP contribution is 2.44. The number of methoxy groups -OCH3 is 1. The van der Waals surface area contributed by atoms with E-state index in [2.05, 4.69) is 0 Å². The van der Waals surface area contributed by atoms with Gasteiger partial charge in [0.15, 0.2) is 23.6 Å². The summed E-state index contributed by atoms with van der Waals surface area (Å²) in [5.74, 6) is -0.990. The second-order valence-electron chi connectivity index (χ2n) is 11.2. The van der Waals surface area contributed by atoms with Crippen LogP contribution in [0.5, 0.6) is 28.7 Å². The molecule has 0 aliphatic carbocycles. The van der Waals surface area contributed by atoms with Crippen molar-refractivity contribution in [3.8, 4) is 28.7 Å². The van der Waals surface area contributed by atoms with Crippen LogP contribution >= 0.6 is 0 Å². The van der Waals surface area contributed by atoms with Crippen molar-refractivity contribution in [1.29, 1.82) is 0 Å². The Labute approximate surface area is 251 Å². The average molecular weight is 625 g/mol. The van der Waals surface area contributed by atoms with E-state index in [1.54, 1.807) is 6.07 Å². The van der Waals surface area contributed by atoms with Crippen LogP contribution in [0.4, 0.5) is 0 Å². The van der Waals surface area contributed by atoms with Crippen LogP contribution in [0.2, 0.25) is 0 Å². The van der Waals surface area contributed by atoms with Crippen molar-refractivity contribution in [3.63, 3.8) is 0 Å². The smallest absolute Gasteiger partial charge is 0.229 e. The van der Waals surface area contributed by atoms with Crippen molar-refractivity contribution >= 4 is 5.78 Å². The summed E-state index contributed by atoms with van der Waals surface area (Å²) in [6.45, 7) is 0.240. The molecule has 10 atom stereocenters. The number of aliphatic hydroxyl groups is 6. The number of ketones is 1. The largest absolute Gasteiger partial charge is 0.507 e. The normalized spacial score (nSPS) is 35.5. The summed E-state index contributed by atoms with van der Waals surface area (Å²) < 4.78 is 33.5. The number of aromatic hydroxyl groups is 2. The molecule has 2 fully saturated rings. The van der Waals surface area contributed by atoms with Gasteiger partial charge in [-0.2, -0.15) is 0 Å². The molecule has 2 aromatic carbocycles. The zero-order chi connectivity index (χ0) is 31.9. The number of rotatable bonds is 8. The maximum absolute atomic E-state index is 12.9. The number of carbonyl (C=O) groups is 1. The van der Waals surface area contributed by atoms with Gasteiger partial charge < -0.3 is 69.3 Å². The third kappa shape index (κ3) is 6.15. The molecule has 8 N–H and O–H groups in total. The Hall–Kier alpha value is -3.25. The van der Waals surface area contributed by atoms with Crippen LogP contribution in [0.25, 0.3) is 0 Å². The molecular formula is C29H36O15. The minimum absolute atomic E-state index is 0.0440. The van der Waals surface area contributed by atoms with Crippen LogP contribution in [-0.2, 0) is 14.2 Å². The van der Waals surface area contributed by atoms with Gasteiger partial charge in [0.25, 0.3) is 0 Å². The Morgan fingerprint density at radius 1 is 0.977 bits per heavy atom. The summed E-state index contributed by atoms with van der Waals surface area (Å²) in [6, 6.07) is 6.92. The maximum atomic E-state index is 12.9. The van der Waals surface area contributed by atoms with Crippen molar-refractivity contribution in [2.75, 3.05) is 20.3 Å². The van der Waals surface area contributed by atoms with Crippen molar-refractivity contribution in [3.05, 3.63) is 41.5 Å². The van der Waals surface area contributed by atoms with Gasteiger partial charge in [0.1, 0.15) is 58.9 Å². The minimum Gasteiger partial charge on any atom is -0.507 e. The molecule has 0 radical (unpaired) electrons. The number of ether oxygens (including phenoxy) is 6. The lowest BCUT2D eigenvalue weighted by Crippen LogP contribution is -2.62. The Kier molecular flexibility index (Phi) is 9.23. The molecule has 3 aliphatic rings. The lowest BCUT2D eigenvalue weighted by molar-refractivity contribution is -0.316. The Morgan fingerprint density at radius 3 is 2.41 bits per heavy atom. The van der Waals surface area contributed by atoms with Crippen LogP contribution in [0.15, 0.2) is 30.3 Å². The van der Waals surface area contributed by atoms with Crippen LogP contribution in [0.3, 0.4) is 0 Å². The first kappa shape index (κ1) is 32.2. The van der Waals surface area contributed by atoms with Gasteiger partial charge in [0.2, 0.25) is 6.29 Å². The van der Waals surface area contributed by atoms with Gasteiger partial charge in [-0.05, 0) is 24.6 Å². The predicted octanol–water partition coefficient (Wildman–Crippen LogP) is -0.765. The number of phenolic OH excluding ortho intramolecular Hbond substituents is 2. The molecule has 0 amide bonds.